The summed E-state index contributed by atoms with van der Waals surface area (Å²) in [5, 5.41) is 0.995. The zero-order valence-electron chi connectivity index (χ0n) is 13.0. The van der Waals surface area contributed by atoms with E-state index in [0.717, 1.165) is 17.5 Å². The number of carbonyl (C=O) groups is 1. The van der Waals surface area contributed by atoms with Crippen LogP contribution in [0, 0.1) is 11.8 Å². The van der Waals surface area contributed by atoms with E-state index in [0.29, 0.717) is 30.2 Å². The fourth-order valence-electron chi connectivity index (χ4n) is 3.42. The first-order valence-electron chi connectivity index (χ1n) is 7.80. The van der Waals surface area contributed by atoms with Crippen LogP contribution in [0.3, 0.4) is 0 Å². The molecule has 112 valence electrons. The van der Waals surface area contributed by atoms with Gasteiger partial charge in [0.25, 0.3) is 0 Å². The van der Waals surface area contributed by atoms with Gasteiger partial charge >= 0.3 is 0 Å². The molecule has 0 spiro atoms. The number of hydrogen-bond donors (Lipinski definition) is 0. The Labute approximate surface area is 125 Å². The molecule has 3 unspecified atom stereocenters. The first-order valence-corrected chi connectivity index (χ1v) is 7.80. The minimum Gasteiger partial charge on any atom is -0.453 e. The van der Waals surface area contributed by atoms with Gasteiger partial charge in [-0.1, -0.05) is 32.0 Å². The van der Waals surface area contributed by atoms with Gasteiger partial charge in [-0.05, 0) is 37.3 Å². The van der Waals surface area contributed by atoms with Gasteiger partial charge < -0.3 is 4.42 Å². The van der Waals surface area contributed by atoms with Crippen molar-refractivity contribution < 1.29 is 9.21 Å². The number of likely N-dealkylation sites (tertiary alicyclic amines) is 1. The Morgan fingerprint density at radius 3 is 2.81 bits per heavy atom. The number of Topliss-reactive ketones (excluding diaryl/α,β-unsaturated/α-hetero) is 1. The van der Waals surface area contributed by atoms with Gasteiger partial charge in [0.2, 0.25) is 5.78 Å². The normalized spacial score (nSPS) is 27.1. The van der Waals surface area contributed by atoms with Crippen molar-refractivity contribution in [1.29, 1.82) is 0 Å². The van der Waals surface area contributed by atoms with Crippen molar-refractivity contribution in [2.45, 2.75) is 33.2 Å². The minimum absolute atomic E-state index is 0.0827. The van der Waals surface area contributed by atoms with Gasteiger partial charge in [-0.2, -0.15) is 0 Å². The fourth-order valence-corrected chi connectivity index (χ4v) is 3.42. The molecule has 2 heterocycles. The SMILES string of the molecule is CC1CC(C)C(C)N(CC(=O)c2cc3ccccc3o2)C1. The summed E-state index contributed by atoms with van der Waals surface area (Å²) in [5.74, 6) is 1.85. The summed E-state index contributed by atoms with van der Waals surface area (Å²) >= 11 is 0. The molecule has 0 bridgehead atoms. The van der Waals surface area contributed by atoms with Gasteiger partial charge in [0.1, 0.15) is 5.58 Å². The minimum atomic E-state index is 0.0827. The lowest BCUT2D eigenvalue weighted by atomic mass is 9.86. The number of carbonyl (C=O) groups excluding carboxylic acids is 1. The van der Waals surface area contributed by atoms with Gasteiger partial charge in [0.05, 0.1) is 6.54 Å². The van der Waals surface area contributed by atoms with Crippen LogP contribution in [-0.4, -0.2) is 29.8 Å². The highest BCUT2D eigenvalue weighted by Gasteiger charge is 2.30. The predicted molar refractivity (Wildman–Crippen MR) is 84.5 cm³/mol. The van der Waals surface area contributed by atoms with Gasteiger partial charge in [-0.3, -0.25) is 9.69 Å². The Bertz CT molecular complexity index is 612. The lowest BCUT2D eigenvalue weighted by Gasteiger charge is -2.40. The van der Waals surface area contributed by atoms with Crippen molar-refractivity contribution in [3.05, 3.63) is 36.1 Å². The maximum atomic E-state index is 12.5. The molecule has 0 aliphatic carbocycles. The second-order valence-corrected chi connectivity index (χ2v) is 6.56. The van der Waals surface area contributed by atoms with E-state index in [1.54, 1.807) is 0 Å². The molecule has 3 rings (SSSR count). The van der Waals surface area contributed by atoms with E-state index in [4.69, 9.17) is 4.42 Å². The second kappa shape index (κ2) is 5.64. The Morgan fingerprint density at radius 2 is 2.05 bits per heavy atom. The number of rotatable bonds is 3. The third-order valence-electron chi connectivity index (χ3n) is 4.77. The van der Waals surface area contributed by atoms with Gasteiger partial charge in [-0.15, -0.1) is 0 Å². The summed E-state index contributed by atoms with van der Waals surface area (Å²) in [4.78, 5) is 14.8. The zero-order valence-corrected chi connectivity index (χ0v) is 13.0. The molecule has 1 aromatic heterocycles. The monoisotopic (exact) mass is 285 g/mol. The highest BCUT2D eigenvalue weighted by atomic mass is 16.3. The molecule has 0 radical (unpaired) electrons. The fraction of sp³-hybridized carbons (Fsp3) is 0.500. The Morgan fingerprint density at radius 1 is 1.29 bits per heavy atom. The lowest BCUT2D eigenvalue weighted by Crippen LogP contribution is -2.47. The van der Waals surface area contributed by atoms with Crippen LogP contribution < -0.4 is 0 Å². The topological polar surface area (TPSA) is 33.5 Å². The maximum Gasteiger partial charge on any atom is 0.211 e. The third-order valence-corrected chi connectivity index (χ3v) is 4.77. The molecule has 0 N–H and O–H groups in total. The van der Waals surface area contributed by atoms with Gasteiger partial charge in [0.15, 0.2) is 5.76 Å². The van der Waals surface area contributed by atoms with Crippen LogP contribution in [0.4, 0.5) is 0 Å². The van der Waals surface area contributed by atoms with Gasteiger partial charge in [-0.25, -0.2) is 0 Å². The molecule has 1 saturated heterocycles. The van der Waals surface area contributed by atoms with E-state index in [2.05, 4.69) is 25.7 Å². The van der Waals surface area contributed by atoms with E-state index in [-0.39, 0.29) is 5.78 Å². The van der Waals surface area contributed by atoms with Crippen molar-refractivity contribution in [3.8, 4) is 0 Å². The van der Waals surface area contributed by atoms with E-state index in [1.807, 2.05) is 30.3 Å². The summed E-state index contributed by atoms with van der Waals surface area (Å²) in [6, 6.07) is 10.1. The van der Waals surface area contributed by atoms with E-state index in [9.17, 15) is 4.79 Å². The Balaban J connectivity index is 1.76. The first kappa shape index (κ1) is 14.3. The van der Waals surface area contributed by atoms with Crippen LogP contribution >= 0.6 is 0 Å². The summed E-state index contributed by atoms with van der Waals surface area (Å²) < 4.78 is 5.68. The standard InChI is InChI=1S/C18H23NO2/c1-12-8-13(2)14(3)19(10-12)11-16(20)18-9-15-6-4-5-7-17(15)21-18/h4-7,9,12-14H,8,10-11H2,1-3H3. The quantitative estimate of drug-likeness (QED) is 0.800. The second-order valence-electron chi connectivity index (χ2n) is 6.56. The van der Waals surface area contributed by atoms with Crippen molar-refractivity contribution in [3.63, 3.8) is 0 Å². The summed E-state index contributed by atoms with van der Waals surface area (Å²) in [6.07, 6.45) is 1.25. The van der Waals surface area contributed by atoms with Crippen molar-refractivity contribution in [1.82, 2.24) is 4.90 Å². The van der Waals surface area contributed by atoms with E-state index < -0.39 is 0 Å². The summed E-state index contributed by atoms with van der Waals surface area (Å²) in [5.41, 5.74) is 0.786. The molecule has 3 atom stereocenters. The molecule has 1 aliphatic rings. The Kier molecular flexibility index (Phi) is 3.85. The highest BCUT2D eigenvalue weighted by molar-refractivity contribution is 5.98. The molecule has 1 aromatic carbocycles. The molecule has 3 heteroatoms. The van der Waals surface area contributed by atoms with E-state index >= 15 is 0 Å². The van der Waals surface area contributed by atoms with Crippen LogP contribution in [0.15, 0.2) is 34.7 Å². The molecular weight excluding hydrogens is 262 g/mol. The lowest BCUT2D eigenvalue weighted by molar-refractivity contribution is 0.0633. The molecule has 0 amide bonds. The number of hydrogen-bond acceptors (Lipinski definition) is 3. The van der Waals surface area contributed by atoms with Crippen LogP contribution in [-0.2, 0) is 0 Å². The maximum absolute atomic E-state index is 12.5. The van der Waals surface area contributed by atoms with Crippen LogP contribution in [0.5, 0.6) is 0 Å². The smallest absolute Gasteiger partial charge is 0.211 e. The third kappa shape index (κ3) is 2.88. The molecule has 2 aromatic rings. The van der Waals surface area contributed by atoms with E-state index in [1.165, 1.54) is 6.42 Å². The molecule has 1 aliphatic heterocycles. The van der Waals surface area contributed by atoms with Crippen molar-refractivity contribution in [2.24, 2.45) is 11.8 Å². The average molecular weight is 285 g/mol. The number of ketones is 1. The summed E-state index contributed by atoms with van der Waals surface area (Å²) in [7, 11) is 0. The molecule has 21 heavy (non-hydrogen) atoms. The molecule has 1 fully saturated rings. The summed E-state index contributed by atoms with van der Waals surface area (Å²) in [6.45, 7) is 8.22. The van der Waals surface area contributed by atoms with Crippen LogP contribution in [0.25, 0.3) is 11.0 Å². The number of nitrogens with zero attached hydrogens (tertiary/aromatic N) is 1. The number of fused-ring (bicyclic) bond motifs is 1. The number of para-hydroxylation sites is 1. The number of furan rings is 1. The Hall–Kier alpha value is -1.61. The molecular formula is C18H23NO2. The van der Waals surface area contributed by atoms with Crippen molar-refractivity contribution in [2.75, 3.05) is 13.1 Å². The number of piperidine rings is 1. The predicted octanol–water partition coefficient (Wildman–Crippen LogP) is 3.98. The zero-order chi connectivity index (χ0) is 15.0. The van der Waals surface area contributed by atoms with Gasteiger partial charge in [0, 0.05) is 18.0 Å². The highest BCUT2D eigenvalue weighted by Crippen LogP contribution is 2.27. The molecule has 0 saturated carbocycles. The molecule has 3 nitrogen and oxygen atoms in total. The van der Waals surface area contributed by atoms with Crippen molar-refractivity contribution >= 4 is 16.8 Å². The van der Waals surface area contributed by atoms with Crippen LogP contribution in [0.1, 0.15) is 37.7 Å². The number of benzene rings is 1. The largest absolute Gasteiger partial charge is 0.453 e. The first-order chi connectivity index (χ1) is 10.0. The van der Waals surface area contributed by atoms with Crippen LogP contribution in [0.2, 0.25) is 0 Å². The average Bonchev–Trinajstić information content (AvgIpc) is 2.88.